The second-order valence-corrected chi connectivity index (χ2v) is 8.38. The average molecular weight is 410 g/mol. The number of alkyl halides is 1. The number of aromatic nitrogens is 1. The average Bonchev–Trinajstić information content (AvgIpc) is 3.00. The Morgan fingerprint density at radius 3 is 3.00 bits per heavy atom. The van der Waals surface area contributed by atoms with Gasteiger partial charge in [-0.3, -0.25) is 15.1 Å². The fourth-order valence-corrected chi connectivity index (χ4v) is 4.29. The van der Waals surface area contributed by atoms with Crippen LogP contribution in [0.5, 0.6) is 5.75 Å². The molecule has 4 atom stereocenters. The number of hydrazine groups is 1. The normalized spacial score (nSPS) is 32.1. The number of likely N-dealkylation sites (tertiary alicyclic amines) is 1. The highest BCUT2D eigenvalue weighted by molar-refractivity contribution is 6.21. The van der Waals surface area contributed by atoms with E-state index >= 15 is 0 Å². The lowest BCUT2D eigenvalue weighted by Gasteiger charge is -2.34. The first-order valence-electron chi connectivity index (χ1n) is 9.77. The van der Waals surface area contributed by atoms with E-state index in [0.717, 1.165) is 25.9 Å². The molecular weight excluding hydrogens is 382 g/mol. The number of anilines is 1. The summed E-state index contributed by atoms with van der Waals surface area (Å²) in [6.07, 6.45) is 4.68. The molecule has 3 saturated heterocycles. The molecule has 1 aromatic heterocycles. The molecule has 4 unspecified atom stereocenters. The van der Waals surface area contributed by atoms with Gasteiger partial charge < -0.3 is 20.7 Å². The fraction of sp³-hybridized carbons (Fsp3) is 0.667. The van der Waals surface area contributed by atoms with E-state index in [-0.39, 0.29) is 23.6 Å². The molecule has 28 heavy (non-hydrogen) atoms. The maximum Gasteiger partial charge on any atom is 0.233 e. The van der Waals surface area contributed by atoms with Crippen LogP contribution in [0, 0.1) is 5.92 Å². The number of hydrogen-bond acceptors (Lipinski definition) is 8. The van der Waals surface area contributed by atoms with Gasteiger partial charge in [0.25, 0.3) is 0 Å². The number of fused-ring (bicyclic) bond motifs is 1. The van der Waals surface area contributed by atoms with Crippen molar-refractivity contribution < 1.29 is 9.53 Å². The molecule has 5 N–H and O–H groups in total. The van der Waals surface area contributed by atoms with Crippen LogP contribution in [0.4, 0.5) is 5.69 Å². The number of hydrogen-bond donors (Lipinski definition) is 4. The van der Waals surface area contributed by atoms with Crippen molar-refractivity contribution in [2.45, 2.75) is 36.7 Å². The molecule has 10 heteroatoms. The van der Waals surface area contributed by atoms with Crippen molar-refractivity contribution in [2.24, 2.45) is 11.7 Å². The summed E-state index contributed by atoms with van der Waals surface area (Å²) in [5, 5.41) is 8.16. The maximum absolute atomic E-state index is 13.0. The van der Waals surface area contributed by atoms with Crippen molar-refractivity contribution >= 4 is 23.2 Å². The fourth-order valence-electron chi connectivity index (χ4n) is 4.06. The quantitative estimate of drug-likeness (QED) is 0.504. The summed E-state index contributed by atoms with van der Waals surface area (Å²) in [4.78, 5) is 19.5. The van der Waals surface area contributed by atoms with Crippen LogP contribution in [0.2, 0.25) is 0 Å². The highest BCUT2D eigenvalue weighted by Crippen LogP contribution is 2.29. The number of nitrogens with zero attached hydrogens (tertiary/aromatic N) is 3. The minimum Gasteiger partial charge on any atom is -0.488 e. The molecule has 1 amide bonds. The number of rotatable bonds is 4. The summed E-state index contributed by atoms with van der Waals surface area (Å²) in [6, 6.07) is 1.80. The van der Waals surface area contributed by atoms with E-state index in [1.165, 1.54) is 0 Å². The first-order valence-corrected chi connectivity index (χ1v) is 10.2. The van der Waals surface area contributed by atoms with Crippen LogP contribution in [0.15, 0.2) is 18.5 Å². The lowest BCUT2D eigenvalue weighted by atomic mass is 10.0. The molecule has 154 valence electrons. The third-order valence-electron chi connectivity index (χ3n) is 5.62. The second-order valence-electron chi connectivity index (χ2n) is 7.76. The predicted molar refractivity (Wildman–Crippen MR) is 107 cm³/mol. The summed E-state index contributed by atoms with van der Waals surface area (Å²) < 4.78 is 6.17. The molecule has 3 aliphatic heterocycles. The Labute approximate surface area is 169 Å². The van der Waals surface area contributed by atoms with Gasteiger partial charge >= 0.3 is 0 Å². The Bertz CT molecular complexity index is 700. The number of piperidine rings is 1. The highest BCUT2D eigenvalue weighted by atomic mass is 35.5. The van der Waals surface area contributed by atoms with Gasteiger partial charge in [-0.25, -0.2) is 10.4 Å². The molecule has 3 fully saturated rings. The van der Waals surface area contributed by atoms with Crippen LogP contribution in [0.3, 0.4) is 0 Å². The maximum atomic E-state index is 13.0. The lowest BCUT2D eigenvalue weighted by molar-refractivity contribution is -0.121. The van der Waals surface area contributed by atoms with Crippen molar-refractivity contribution in [2.75, 3.05) is 38.5 Å². The summed E-state index contributed by atoms with van der Waals surface area (Å²) in [5.74, 6) is 0.0153. The Morgan fingerprint density at radius 2 is 2.21 bits per heavy atom. The number of amides is 1. The summed E-state index contributed by atoms with van der Waals surface area (Å²) in [6.45, 7) is 3.28. The molecule has 0 bridgehead atoms. The number of pyridine rings is 1. The zero-order chi connectivity index (χ0) is 19.7. The van der Waals surface area contributed by atoms with Crippen LogP contribution in [0.25, 0.3) is 0 Å². The van der Waals surface area contributed by atoms with Crippen molar-refractivity contribution in [3.8, 4) is 5.75 Å². The van der Waals surface area contributed by atoms with Crippen LogP contribution >= 0.6 is 11.6 Å². The van der Waals surface area contributed by atoms with Gasteiger partial charge in [-0.1, -0.05) is 0 Å². The van der Waals surface area contributed by atoms with E-state index < -0.39 is 12.1 Å². The Kier molecular flexibility index (Phi) is 6.00. The molecular formula is C18H28ClN7O2. The second kappa shape index (κ2) is 8.48. The SMILES string of the molecule is CN1CCC(Oc2ccncc2NC(=O)C2C(N)NN3CC(Cl)CNC23)CC1. The van der Waals surface area contributed by atoms with Gasteiger partial charge in [0, 0.05) is 38.4 Å². The largest absolute Gasteiger partial charge is 0.488 e. The number of nitrogens with two attached hydrogens (primary N) is 1. The number of carbonyl (C=O) groups excluding carboxylic acids is 1. The molecule has 0 radical (unpaired) electrons. The van der Waals surface area contributed by atoms with Gasteiger partial charge in [0.1, 0.15) is 17.5 Å². The van der Waals surface area contributed by atoms with Crippen LogP contribution in [0.1, 0.15) is 12.8 Å². The van der Waals surface area contributed by atoms with Gasteiger partial charge in [-0.2, -0.15) is 0 Å². The van der Waals surface area contributed by atoms with Gasteiger partial charge in [0.15, 0.2) is 0 Å². The molecule has 0 aromatic carbocycles. The standard InChI is InChI=1S/C18H28ClN7O2/c1-25-6-3-12(4-7-25)28-14-2-5-21-9-13(14)23-18(27)15-16(20)24-26-10-11(19)8-22-17(15)26/h2,5,9,11-12,15-17,22,24H,3-4,6-8,10,20H2,1H3,(H,23,27). The molecule has 0 aliphatic carbocycles. The molecule has 1 aromatic rings. The van der Waals surface area contributed by atoms with Crippen molar-refractivity contribution in [3.63, 3.8) is 0 Å². The van der Waals surface area contributed by atoms with E-state index in [1.807, 2.05) is 5.01 Å². The minimum absolute atomic E-state index is 0.0226. The number of halogens is 1. The zero-order valence-electron chi connectivity index (χ0n) is 16.0. The van der Waals surface area contributed by atoms with Crippen LogP contribution < -0.4 is 26.5 Å². The third kappa shape index (κ3) is 4.24. The molecule has 9 nitrogen and oxygen atoms in total. The number of carbonyl (C=O) groups is 1. The van der Waals surface area contributed by atoms with Gasteiger partial charge in [-0.05, 0) is 19.9 Å². The van der Waals surface area contributed by atoms with Crippen molar-refractivity contribution in [3.05, 3.63) is 18.5 Å². The Hall–Kier alpha value is -1.49. The molecule has 4 rings (SSSR count). The van der Waals surface area contributed by atoms with E-state index in [2.05, 4.69) is 33.0 Å². The lowest BCUT2D eigenvalue weighted by Crippen LogP contribution is -2.58. The topological polar surface area (TPSA) is 108 Å². The van der Waals surface area contributed by atoms with Gasteiger partial charge in [-0.15, -0.1) is 11.6 Å². The van der Waals surface area contributed by atoms with Crippen molar-refractivity contribution in [1.29, 1.82) is 0 Å². The minimum atomic E-state index is -0.491. The van der Waals surface area contributed by atoms with E-state index in [9.17, 15) is 4.79 Å². The summed E-state index contributed by atoms with van der Waals surface area (Å²) in [5.41, 5.74) is 9.90. The van der Waals surface area contributed by atoms with Crippen LogP contribution in [-0.2, 0) is 4.79 Å². The van der Waals surface area contributed by atoms with E-state index in [4.69, 9.17) is 22.1 Å². The first kappa shape index (κ1) is 19.8. The predicted octanol–water partition coefficient (Wildman–Crippen LogP) is -0.249. The van der Waals surface area contributed by atoms with Crippen molar-refractivity contribution in [1.82, 2.24) is 25.6 Å². The van der Waals surface area contributed by atoms with E-state index in [1.54, 1.807) is 18.5 Å². The Morgan fingerprint density at radius 1 is 1.43 bits per heavy atom. The third-order valence-corrected chi connectivity index (χ3v) is 5.91. The Balaban J connectivity index is 1.43. The molecule has 4 heterocycles. The highest BCUT2D eigenvalue weighted by Gasteiger charge is 2.46. The molecule has 0 saturated carbocycles. The van der Waals surface area contributed by atoms with Crippen LogP contribution in [-0.4, -0.2) is 77.8 Å². The van der Waals surface area contributed by atoms with Gasteiger partial charge in [0.2, 0.25) is 5.91 Å². The van der Waals surface area contributed by atoms with E-state index in [0.29, 0.717) is 24.5 Å². The monoisotopic (exact) mass is 409 g/mol. The summed E-state index contributed by atoms with van der Waals surface area (Å²) >= 11 is 6.20. The number of nitrogens with one attached hydrogen (secondary N) is 3. The summed E-state index contributed by atoms with van der Waals surface area (Å²) in [7, 11) is 2.11. The molecule has 3 aliphatic rings. The molecule has 0 spiro atoms. The van der Waals surface area contributed by atoms with Gasteiger partial charge in [0.05, 0.1) is 29.8 Å². The smallest absolute Gasteiger partial charge is 0.233 e. The number of ether oxygens (including phenoxy) is 1. The first-order chi connectivity index (χ1) is 13.5. The zero-order valence-corrected chi connectivity index (χ0v) is 16.7.